The van der Waals surface area contributed by atoms with E-state index >= 15 is 0 Å². The van der Waals surface area contributed by atoms with Gasteiger partial charge in [0.25, 0.3) is 0 Å². The van der Waals surface area contributed by atoms with E-state index in [4.69, 9.17) is 33.5 Å². The molecule has 1 aromatic heterocycles. The summed E-state index contributed by atoms with van der Waals surface area (Å²) in [5.41, 5.74) is 7.71. The van der Waals surface area contributed by atoms with Gasteiger partial charge in [-0.2, -0.15) is 0 Å². The van der Waals surface area contributed by atoms with Gasteiger partial charge < -0.3 is 10.3 Å². The second-order valence-electron chi connectivity index (χ2n) is 4.38. The minimum Gasteiger partial charge on any atom is -0.367 e. The maximum atomic E-state index is 13.4. The first kappa shape index (κ1) is 13.9. The summed E-state index contributed by atoms with van der Waals surface area (Å²) in [6, 6.07) is 11.1. The molecule has 0 aliphatic carbocycles. The first-order chi connectivity index (χ1) is 10.1. The summed E-state index contributed by atoms with van der Waals surface area (Å²) in [5.74, 6) is -0.309. The fourth-order valence-electron chi connectivity index (χ4n) is 2.12. The average Bonchev–Trinajstić information content (AvgIpc) is 2.80. The molecule has 2 aromatic carbocycles. The number of rotatable bonds is 2. The predicted octanol–water partition coefficient (Wildman–Crippen LogP) is 5.04. The van der Waals surface area contributed by atoms with Gasteiger partial charge in [0.15, 0.2) is 0 Å². The Hall–Kier alpha value is -2.04. The molecule has 0 saturated heterocycles. The van der Waals surface area contributed by atoms with Gasteiger partial charge >= 0.3 is 0 Å². The van der Waals surface area contributed by atoms with Crippen molar-refractivity contribution < 1.29 is 8.91 Å². The quantitative estimate of drug-likeness (QED) is 0.719. The number of halogens is 3. The van der Waals surface area contributed by atoms with E-state index in [0.717, 1.165) is 0 Å². The lowest BCUT2D eigenvalue weighted by molar-refractivity contribution is 0.439. The molecule has 0 aliphatic heterocycles. The van der Waals surface area contributed by atoms with Crippen LogP contribution in [0.3, 0.4) is 0 Å². The highest BCUT2D eigenvalue weighted by Crippen LogP contribution is 2.42. The number of nitrogen functional groups attached to an aromatic ring is 1. The standard InChI is InChI=1S/C15H9Cl2FN2O/c16-10-5-2-6-11(17)13(10)14-12(15(19)21-20-14)8-3-1-4-9(18)7-8/h1-7H,19H2. The van der Waals surface area contributed by atoms with Crippen molar-refractivity contribution in [2.24, 2.45) is 0 Å². The molecular weight excluding hydrogens is 314 g/mol. The minimum absolute atomic E-state index is 0.0755. The Kier molecular flexibility index (Phi) is 3.57. The van der Waals surface area contributed by atoms with Crippen molar-refractivity contribution in [3.63, 3.8) is 0 Å². The second-order valence-corrected chi connectivity index (χ2v) is 5.19. The molecule has 3 aromatic rings. The molecule has 3 nitrogen and oxygen atoms in total. The van der Waals surface area contributed by atoms with E-state index in [-0.39, 0.29) is 11.7 Å². The highest BCUT2D eigenvalue weighted by Gasteiger charge is 2.21. The summed E-state index contributed by atoms with van der Waals surface area (Å²) < 4.78 is 18.5. The Bertz CT molecular complexity index is 797. The molecule has 0 amide bonds. The highest BCUT2D eigenvalue weighted by molar-refractivity contribution is 6.39. The smallest absolute Gasteiger partial charge is 0.230 e. The fraction of sp³-hybridized carbons (Fsp3) is 0. The third-order valence-electron chi connectivity index (χ3n) is 3.03. The number of anilines is 1. The zero-order valence-electron chi connectivity index (χ0n) is 10.6. The number of hydrogen-bond acceptors (Lipinski definition) is 3. The summed E-state index contributed by atoms with van der Waals surface area (Å²) in [6.07, 6.45) is 0. The molecule has 0 fully saturated rings. The van der Waals surface area contributed by atoms with Gasteiger partial charge in [-0.05, 0) is 29.8 Å². The van der Waals surface area contributed by atoms with Crippen LogP contribution in [-0.4, -0.2) is 5.16 Å². The lowest BCUT2D eigenvalue weighted by Gasteiger charge is -2.06. The Morgan fingerprint density at radius 2 is 1.67 bits per heavy atom. The molecule has 0 radical (unpaired) electrons. The van der Waals surface area contributed by atoms with E-state index in [9.17, 15) is 4.39 Å². The zero-order valence-corrected chi connectivity index (χ0v) is 12.1. The van der Waals surface area contributed by atoms with Crippen molar-refractivity contribution in [2.45, 2.75) is 0 Å². The Morgan fingerprint density at radius 3 is 2.33 bits per heavy atom. The summed E-state index contributed by atoms with van der Waals surface area (Å²) in [5, 5.41) is 4.74. The number of hydrogen-bond donors (Lipinski definition) is 1. The molecule has 0 spiro atoms. The van der Waals surface area contributed by atoms with Crippen LogP contribution in [-0.2, 0) is 0 Å². The monoisotopic (exact) mass is 322 g/mol. The van der Waals surface area contributed by atoms with Gasteiger partial charge in [-0.1, -0.05) is 46.6 Å². The molecule has 0 unspecified atom stereocenters. The van der Waals surface area contributed by atoms with E-state index < -0.39 is 0 Å². The van der Waals surface area contributed by atoms with Crippen LogP contribution in [0.4, 0.5) is 10.3 Å². The van der Waals surface area contributed by atoms with Crippen LogP contribution in [0.25, 0.3) is 22.4 Å². The summed E-state index contributed by atoms with van der Waals surface area (Å²) >= 11 is 12.4. The van der Waals surface area contributed by atoms with E-state index in [1.54, 1.807) is 30.3 Å². The maximum Gasteiger partial charge on any atom is 0.230 e. The van der Waals surface area contributed by atoms with Gasteiger partial charge in [-0.25, -0.2) is 4.39 Å². The lowest BCUT2D eigenvalue weighted by Crippen LogP contribution is -1.90. The first-order valence-electron chi connectivity index (χ1n) is 6.03. The van der Waals surface area contributed by atoms with Crippen molar-refractivity contribution in [3.8, 4) is 22.4 Å². The minimum atomic E-state index is -0.385. The van der Waals surface area contributed by atoms with E-state index in [0.29, 0.717) is 32.4 Å². The van der Waals surface area contributed by atoms with Gasteiger partial charge in [0.05, 0.1) is 15.6 Å². The molecule has 0 atom stereocenters. The van der Waals surface area contributed by atoms with Gasteiger partial charge in [0, 0.05) is 5.56 Å². The molecule has 1 heterocycles. The van der Waals surface area contributed by atoms with E-state index in [1.807, 2.05) is 0 Å². The average molecular weight is 323 g/mol. The number of aromatic nitrogens is 1. The summed E-state index contributed by atoms with van der Waals surface area (Å²) in [7, 11) is 0. The molecule has 106 valence electrons. The van der Waals surface area contributed by atoms with Crippen LogP contribution in [0.1, 0.15) is 0 Å². The van der Waals surface area contributed by atoms with Crippen molar-refractivity contribution >= 4 is 29.1 Å². The SMILES string of the molecule is Nc1onc(-c2c(Cl)cccc2Cl)c1-c1cccc(F)c1. The molecule has 0 aliphatic rings. The molecule has 2 N–H and O–H groups in total. The molecule has 6 heteroatoms. The van der Waals surface area contributed by atoms with Crippen LogP contribution in [0, 0.1) is 5.82 Å². The Balaban J connectivity index is 2.27. The van der Waals surface area contributed by atoms with Crippen molar-refractivity contribution in [3.05, 3.63) is 58.3 Å². The van der Waals surface area contributed by atoms with Gasteiger partial charge in [0.2, 0.25) is 5.88 Å². The fourth-order valence-corrected chi connectivity index (χ4v) is 2.70. The van der Waals surface area contributed by atoms with Crippen LogP contribution >= 0.6 is 23.2 Å². The van der Waals surface area contributed by atoms with Gasteiger partial charge in [-0.3, -0.25) is 0 Å². The molecular formula is C15H9Cl2FN2O. The van der Waals surface area contributed by atoms with Crippen molar-refractivity contribution in [1.29, 1.82) is 0 Å². The number of nitrogens with two attached hydrogens (primary N) is 1. The van der Waals surface area contributed by atoms with E-state index in [1.165, 1.54) is 12.1 Å². The third-order valence-corrected chi connectivity index (χ3v) is 3.66. The topological polar surface area (TPSA) is 52.0 Å². The van der Waals surface area contributed by atoms with Gasteiger partial charge in [-0.15, -0.1) is 0 Å². The van der Waals surface area contributed by atoms with Crippen molar-refractivity contribution in [1.82, 2.24) is 5.16 Å². The normalized spacial score (nSPS) is 10.8. The predicted molar refractivity (Wildman–Crippen MR) is 81.8 cm³/mol. The van der Waals surface area contributed by atoms with Crippen LogP contribution < -0.4 is 5.73 Å². The third kappa shape index (κ3) is 2.48. The maximum absolute atomic E-state index is 13.4. The van der Waals surface area contributed by atoms with Crippen LogP contribution in [0.15, 0.2) is 47.0 Å². The largest absolute Gasteiger partial charge is 0.367 e. The first-order valence-corrected chi connectivity index (χ1v) is 6.79. The highest BCUT2D eigenvalue weighted by atomic mass is 35.5. The molecule has 0 bridgehead atoms. The number of nitrogens with zero attached hydrogens (tertiary/aromatic N) is 1. The van der Waals surface area contributed by atoms with Crippen molar-refractivity contribution in [2.75, 3.05) is 5.73 Å². The van der Waals surface area contributed by atoms with E-state index in [2.05, 4.69) is 5.16 Å². The van der Waals surface area contributed by atoms with Crippen LogP contribution in [0.5, 0.6) is 0 Å². The molecule has 21 heavy (non-hydrogen) atoms. The van der Waals surface area contributed by atoms with Crippen LogP contribution in [0.2, 0.25) is 10.0 Å². The lowest BCUT2D eigenvalue weighted by atomic mass is 10.0. The Morgan fingerprint density at radius 1 is 1.00 bits per heavy atom. The molecule has 0 saturated carbocycles. The molecule has 3 rings (SSSR count). The summed E-state index contributed by atoms with van der Waals surface area (Å²) in [4.78, 5) is 0. The summed E-state index contributed by atoms with van der Waals surface area (Å²) in [6.45, 7) is 0. The van der Waals surface area contributed by atoms with Gasteiger partial charge in [0.1, 0.15) is 11.5 Å². The number of benzene rings is 2. The zero-order chi connectivity index (χ0) is 15.0. The second kappa shape index (κ2) is 5.39. The Labute approximate surface area is 130 Å².